The number of hydrogen-bond donors (Lipinski definition) is 0. The highest BCUT2D eigenvalue weighted by atomic mass is 16.1. The van der Waals surface area contributed by atoms with Crippen LogP contribution in [0.4, 0.5) is 0 Å². The zero-order chi connectivity index (χ0) is 14.7. The van der Waals surface area contributed by atoms with Crippen LogP contribution in [0.2, 0.25) is 0 Å². The van der Waals surface area contributed by atoms with E-state index in [1.807, 2.05) is 42.5 Å². The van der Waals surface area contributed by atoms with Crippen molar-refractivity contribution < 1.29 is 4.79 Å². The predicted octanol–water partition coefficient (Wildman–Crippen LogP) is 3.31. The molecule has 0 saturated carbocycles. The van der Waals surface area contributed by atoms with Crippen LogP contribution in [-0.4, -0.2) is 21.1 Å². The van der Waals surface area contributed by atoms with Crippen LogP contribution >= 0.6 is 0 Å². The second-order valence-corrected chi connectivity index (χ2v) is 4.70. The summed E-state index contributed by atoms with van der Waals surface area (Å²) in [6.07, 6.45) is 5.14. The first-order chi connectivity index (χ1) is 10.3. The quantitative estimate of drug-likeness (QED) is 0.687. The molecular weight excluding hydrogens is 262 g/mol. The lowest BCUT2D eigenvalue weighted by Gasteiger charge is -2.04. The van der Waals surface area contributed by atoms with Gasteiger partial charge in [0.15, 0.2) is 6.29 Å². The van der Waals surface area contributed by atoms with E-state index in [1.54, 1.807) is 17.1 Å². The Balaban J connectivity index is 2.15. The average Bonchev–Trinajstić information content (AvgIpc) is 2.99. The Morgan fingerprint density at radius 2 is 1.90 bits per heavy atom. The molecule has 0 spiro atoms. The van der Waals surface area contributed by atoms with Gasteiger partial charge in [-0.25, -0.2) is 4.68 Å². The van der Waals surface area contributed by atoms with E-state index in [2.05, 4.69) is 17.0 Å². The van der Waals surface area contributed by atoms with Gasteiger partial charge in [-0.2, -0.15) is 5.10 Å². The number of nitrogens with zero attached hydrogens (tertiary/aromatic N) is 3. The van der Waals surface area contributed by atoms with Crippen LogP contribution in [-0.2, 0) is 6.42 Å². The molecule has 21 heavy (non-hydrogen) atoms. The van der Waals surface area contributed by atoms with Gasteiger partial charge in [0.2, 0.25) is 0 Å². The molecule has 0 aliphatic rings. The van der Waals surface area contributed by atoms with Gasteiger partial charge in [0, 0.05) is 12.4 Å². The van der Waals surface area contributed by atoms with Crippen molar-refractivity contribution in [2.24, 2.45) is 0 Å². The summed E-state index contributed by atoms with van der Waals surface area (Å²) in [5, 5.41) is 4.55. The third-order valence-electron chi connectivity index (χ3n) is 3.39. The number of carbonyl (C=O) groups is 1. The Labute approximate surface area is 123 Å². The van der Waals surface area contributed by atoms with Gasteiger partial charge in [0.25, 0.3) is 0 Å². The number of aldehydes is 1. The Bertz CT molecular complexity index is 763. The summed E-state index contributed by atoms with van der Waals surface area (Å²) in [4.78, 5) is 15.8. The van der Waals surface area contributed by atoms with Crippen molar-refractivity contribution in [2.45, 2.75) is 13.3 Å². The molecule has 0 fully saturated rings. The number of aryl methyl sites for hydroxylation is 1. The van der Waals surface area contributed by atoms with Gasteiger partial charge in [0.05, 0.1) is 16.9 Å². The van der Waals surface area contributed by atoms with Crippen LogP contribution in [0, 0.1) is 0 Å². The van der Waals surface area contributed by atoms with Crippen LogP contribution < -0.4 is 0 Å². The van der Waals surface area contributed by atoms with Crippen molar-refractivity contribution in [2.75, 3.05) is 0 Å². The predicted molar refractivity (Wildman–Crippen MR) is 81.6 cm³/mol. The van der Waals surface area contributed by atoms with Crippen LogP contribution in [0.25, 0.3) is 17.1 Å². The van der Waals surface area contributed by atoms with E-state index in [9.17, 15) is 4.79 Å². The van der Waals surface area contributed by atoms with E-state index < -0.39 is 0 Å². The molecule has 4 nitrogen and oxygen atoms in total. The Kier molecular flexibility index (Phi) is 3.60. The van der Waals surface area contributed by atoms with Crippen molar-refractivity contribution in [1.29, 1.82) is 0 Å². The third kappa shape index (κ3) is 2.48. The first kappa shape index (κ1) is 13.2. The molecule has 3 rings (SSSR count). The number of para-hydroxylation sites is 1. The van der Waals surface area contributed by atoms with Gasteiger partial charge >= 0.3 is 0 Å². The molecule has 0 aliphatic heterocycles. The number of pyridine rings is 1. The van der Waals surface area contributed by atoms with Crippen molar-refractivity contribution in [3.8, 4) is 17.1 Å². The maximum atomic E-state index is 11.4. The second-order valence-electron chi connectivity index (χ2n) is 4.70. The zero-order valence-electron chi connectivity index (χ0n) is 11.7. The smallest absolute Gasteiger partial charge is 0.153 e. The van der Waals surface area contributed by atoms with E-state index in [0.717, 1.165) is 29.7 Å². The minimum Gasteiger partial charge on any atom is -0.298 e. The minimum absolute atomic E-state index is 0.548. The van der Waals surface area contributed by atoms with Gasteiger partial charge < -0.3 is 0 Å². The lowest BCUT2D eigenvalue weighted by Crippen LogP contribution is -1.96. The fourth-order valence-corrected chi connectivity index (χ4v) is 2.31. The second kappa shape index (κ2) is 5.71. The van der Waals surface area contributed by atoms with Crippen molar-refractivity contribution in [3.63, 3.8) is 0 Å². The van der Waals surface area contributed by atoms with Crippen molar-refractivity contribution in [3.05, 3.63) is 66.0 Å². The van der Waals surface area contributed by atoms with Crippen molar-refractivity contribution in [1.82, 2.24) is 14.8 Å². The summed E-state index contributed by atoms with van der Waals surface area (Å²) >= 11 is 0. The van der Waals surface area contributed by atoms with Gasteiger partial charge in [0.1, 0.15) is 5.69 Å². The fourth-order valence-electron chi connectivity index (χ4n) is 2.31. The number of benzene rings is 1. The molecule has 0 N–H and O–H groups in total. The normalized spacial score (nSPS) is 10.5. The summed E-state index contributed by atoms with van der Waals surface area (Å²) in [6.45, 7) is 2.06. The molecule has 104 valence electrons. The summed E-state index contributed by atoms with van der Waals surface area (Å²) in [5.41, 5.74) is 3.95. The summed E-state index contributed by atoms with van der Waals surface area (Å²) in [7, 11) is 0. The number of hydrogen-bond acceptors (Lipinski definition) is 3. The molecule has 2 aromatic heterocycles. The Hall–Kier alpha value is -2.75. The van der Waals surface area contributed by atoms with Gasteiger partial charge in [-0.15, -0.1) is 0 Å². The molecular formula is C17H15N3O. The highest BCUT2D eigenvalue weighted by Gasteiger charge is 2.15. The number of carbonyl (C=O) groups excluding carboxylic acids is 1. The first-order valence-corrected chi connectivity index (χ1v) is 6.88. The summed E-state index contributed by atoms with van der Waals surface area (Å²) in [5.74, 6) is 0. The fraction of sp³-hybridized carbons (Fsp3) is 0.118. The highest BCUT2D eigenvalue weighted by molar-refractivity contribution is 5.85. The third-order valence-corrected chi connectivity index (χ3v) is 3.39. The zero-order valence-corrected chi connectivity index (χ0v) is 11.7. The van der Waals surface area contributed by atoms with Gasteiger partial charge in [-0.05, 0) is 30.2 Å². The molecule has 4 heteroatoms. The molecule has 0 aliphatic carbocycles. The van der Waals surface area contributed by atoms with Crippen molar-refractivity contribution >= 4 is 6.29 Å². The van der Waals surface area contributed by atoms with E-state index >= 15 is 0 Å². The molecule has 2 heterocycles. The monoisotopic (exact) mass is 277 g/mol. The Morgan fingerprint density at radius 3 is 2.62 bits per heavy atom. The molecule has 0 bridgehead atoms. The van der Waals surface area contributed by atoms with Crippen LogP contribution in [0.3, 0.4) is 0 Å². The van der Waals surface area contributed by atoms with Crippen LogP contribution in [0.1, 0.15) is 22.8 Å². The van der Waals surface area contributed by atoms with Crippen LogP contribution in [0.15, 0.2) is 54.9 Å². The average molecular weight is 277 g/mol. The summed E-state index contributed by atoms with van der Waals surface area (Å²) in [6, 6.07) is 13.6. The first-order valence-electron chi connectivity index (χ1n) is 6.88. The maximum Gasteiger partial charge on any atom is 0.153 e. The minimum atomic E-state index is 0.548. The van der Waals surface area contributed by atoms with Gasteiger partial charge in [-0.3, -0.25) is 9.78 Å². The molecule has 0 unspecified atom stereocenters. The Morgan fingerprint density at radius 1 is 1.10 bits per heavy atom. The largest absolute Gasteiger partial charge is 0.298 e. The van der Waals surface area contributed by atoms with Crippen LogP contribution in [0.5, 0.6) is 0 Å². The molecule has 1 aromatic carbocycles. The summed E-state index contributed by atoms with van der Waals surface area (Å²) < 4.78 is 1.72. The topological polar surface area (TPSA) is 47.8 Å². The molecule has 0 radical (unpaired) electrons. The molecule has 0 saturated heterocycles. The number of rotatable bonds is 4. The standard InChI is InChI=1S/C17H15N3O/c1-2-13-7-6-10-18-16(13)17-14(12-21)11-20(19-17)15-8-4-3-5-9-15/h3-12H,2H2,1H3. The number of aromatic nitrogens is 3. The maximum absolute atomic E-state index is 11.4. The van der Waals surface area contributed by atoms with E-state index in [-0.39, 0.29) is 0 Å². The molecule has 3 aromatic rings. The molecule has 0 amide bonds. The van der Waals surface area contributed by atoms with E-state index in [4.69, 9.17) is 0 Å². The van der Waals surface area contributed by atoms with E-state index in [0.29, 0.717) is 11.3 Å². The van der Waals surface area contributed by atoms with E-state index in [1.165, 1.54) is 0 Å². The highest BCUT2D eigenvalue weighted by Crippen LogP contribution is 2.24. The SMILES string of the molecule is CCc1cccnc1-c1nn(-c2ccccc2)cc1C=O. The van der Waals surface area contributed by atoms with Gasteiger partial charge in [-0.1, -0.05) is 31.2 Å². The lowest BCUT2D eigenvalue weighted by molar-refractivity contribution is 0.112. The lowest BCUT2D eigenvalue weighted by atomic mass is 10.1. The molecule has 0 atom stereocenters.